The number of hydrogen-bond donors (Lipinski definition) is 1. The number of hydrogen-bond acceptors (Lipinski definition) is 4. The second kappa shape index (κ2) is 6.60. The van der Waals surface area contributed by atoms with E-state index in [0.717, 1.165) is 11.3 Å². The summed E-state index contributed by atoms with van der Waals surface area (Å²) in [5.74, 6) is 0.958. The molecule has 116 valence electrons. The fraction of sp³-hybridized carbons (Fsp3) is 0.333. The van der Waals surface area contributed by atoms with Crippen LogP contribution in [0.1, 0.15) is 37.6 Å². The summed E-state index contributed by atoms with van der Waals surface area (Å²) in [4.78, 5) is 8.59. The predicted molar refractivity (Wildman–Crippen MR) is 88.9 cm³/mol. The number of nitrogens with zero attached hydrogens (tertiary/aromatic N) is 2. The van der Waals surface area contributed by atoms with Crippen LogP contribution >= 0.6 is 0 Å². The van der Waals surface area contributed by atoms with Gasteiger partial charge in [-0.25, -0.2) is 0 Å². The lowest BCUT2D eigenvalue weighted by Gasteiger charge is -2.22. The van der Waals surface area contributed by atoms with Gasteiger partial charge >= 0.3 is 0 Å². The Kier molecular flexibility index (Phi) is 4.81. The Labute approximate surface area is 131 Å². The van der Waals surface area contributed by atoms with E-state index in [9.17, 15) is 5.11 Å². The molecule has 22 heavy (non-hydrogen) atoms. The molecule has 0 amide bonds. The Bertz CT molecular complexity index is 659. The summed E-state index contributed by atoms with van der Waals surface area (Å²) in [5, 5.41) is 10.5. The topological polar surface area (TPSA) is 54.7 Å². The summed E-state index contributed by atoms with van der Waals surface area (Å²) in [6.45, 7) is 6.63. The predicted octanol–water partition coefficient (Wildman–Crippen LogP) is 3.71. The molecule has 0 fully saturated rings. The first-order valence-electron chi connectivity index (χ1n) is 7.23. The Balaban J connectivity index is 2.30. The number of benzene rings is 1. The van der Waals surface area contributed by atoms with Gasteiger partial charge in [-0.2, -0.15) is 0 Å². The lowest BCUT2D eigenvalue weighted by atomic mass is 9.85. The van der Waals surface area contributed by atoms with E-state index in [2.05, 4.69) is 30.7 Å². The molecule has 0 radical (unpaired) electrons. The van der Waals surface area contributed by atoms with Crippen LogP contribution in [0.4, 0.5) is 0 Å². The van der Waals surface area contributed by atoms with Crippen LogP contribution in [0, 0.1) is 0 Å². The Morgan fingerprint density at radius 3 is 2.64 bits per heavy atom. The molecule has 0 saturated carbocycles. The first-order valence-corrected chi connectivity index (χ1v) is 7.23. The molecule has 0 aliphatic rings. The van der Waals surface area contributed by atoms with Gasteiger partial charge in [0.25, 0.3) is 0 Å². The van der Waals surface area contributed by atoms with E-state index >= 15 is 0 Å². The third-order valence-electron chi connectivity index (χ3n) is 3.37. The molecule has 0 bridgehead atoms. The average Bonchev–Trinajstić information content (AvgIpc) is 2.49. The number of aliphatic imine (C=N–C) groups is 1. The number of phenols is 1. The summed E-state index contributed by atoms with van der Waals surface area (Å²) in [5.41, 5.74) is 2.20. The van der Waals surface area contributed by atoms with Crippen molar-refractivity contribution in [3.8, 4) is 11.5 Å². The van der Waals surface area contributed by atoms with Gasteiger partial charge in [0.2, 0.25) is 0 Å². The summed E-state index contributed by atoms with van der Waals surface area (Å²) in [6.07, 6.45) is 3.41. The van der Waals surface area contributed by atoms with Gasteiger partial charge in [-0.1, -0.05) is 26.8 Å². The van der Waals surface area contributed by atoms with Crippen molar-refractivity contribution < 1.29 is 9.84 Å². The van der Waals surface area contributed by atoms with Gasteiger partial charge in [-0.3, -0.25) is 9.98 Å². The maximum atomic E-state index is 10.5. The van der Waals surface area contributed by atoms with E-state index in [4.69, 9.17) is 4.74 Å². The van der Waals surface area contributed by atoms with Crippen molar-refractivity contribution in [2.24, 2.45) is 4.99 Å². The standard InChI is InChI=1S/C18H22N2O2/c1-18(2,3)16-10-15(22-4)9-13(17(16)21)11-19-12-14-7-5-6-8-20-14/h5-11,21H,12H2,1-4H3. The minimum Gasteiger partial charge on any atom is -0.507 e. The highest BCUT2D eigenvalue weighted by atomic mass is 16.5. The van der Waals surface area contributed by atoms with Crippen LogP contribution in [0.15, 0.2) is 41.5 Å². The quantitative estimate of drug-likeness (QED) is 0.875. The van der Waals surface area contributed by atoms with E-state index in [1.54, 1.807) is 25.6 Å². The number of methoxy groups -OCH3 is 1. The van der Waals surface area contributed by atoms with Crippen molar-refractivity contribution >= 4 is 6.21 Å². The molecule has 0 saturated heterocycles. The largest absolute Gasteiger partial charge is 0.507 e. The van der Waals surface area contributed by atoms with E-state index in [1.165, 1.54) is 0 Å². The molecule has 1 heterocycles. The van der Waals surface area contributed by atoms with Crippen LogP contribution in [0.5, 0.6) is 11.5 Å². The molecular weight excluding hydrogens is 276 g/mol. The number of ether oxygens (including phenoxy) is 1. The zero-order valence-electron chi connectivity index (χ0n) is 13.5. The third-order valence-corrected chi connectivity index (χ3v) is 3.37. The highest BCUT2D eigenvalue weighted by molar-refractivity contribution is 5.85. The van der Waals surface area contributed by atoms with E-state index in [0.29, 0.717) is 17.9 Å². The highest BCUT2D eigenvalue weighted by Gasteiger charge is 2.21. The van der Waals surface area contributed by atoms with Gasteiger partial charge in [0.05, 0.1) is 19.3 Å². The van der Waals surface area contributed by atoms with Crippen molar-refractivity contribution in [1.82, 2.24) is 4.98 Å². The maximum Gasteiger partial charge on any atom is 0.128 e. The minimum atomic E-state index is -0.178. The molecule has 4 heteroatoms. The fourth-order valence-corrected chi connectivity index (χ4v) is 2.15. The summed E-state index contributed by atoms with van der Waals surface area (Å²) >= 11 is 0. The second-order valence-electron chi connectivity index (χ2n) is 6.15. The minimum absolute atomic E-state index is 0.178. The average molecular weight is 298 g/mol. The molecule has 2 rings (SSSR count). The maximum absolute atomic E-state index is 10.5. The molecule has 0 aliphatic heterocycles. The molecule has 2 aromatic rings. The SMILES string of the molecule is COc1cc(C=NCc2ccccn2)c(O)c(C(C)(C)C)c1. The summed E-state index contributed by atoms with van der Waals surface area (Å²) in [7, 11) is 1.62. The van der Waals surface area contributed by atoms with E-state index < -0.39 is 0 Å². The zero-order chi connectivity index (χ0) is 16.2. The second-order valence-corrected chi connectivity index (χ2v) is 6.15. The van der Waals surface area contributed by atoms with Crippen LogP contribution in [0.2, 0.25) is 0 Å². The molecule has 1 N–H and O–H groups in total. The molecular formula is C18H22N2O2. The molecule has 1 aromatic heterocycles. The third kappa shape index (κ3) is 3.85. The molecule has 1 aromatic carbocycles. The summed E-state index contributed by atoms with van der Waals surface area (Å²) < 4.78 is 5.33. The Hall–Kier alpha value is -2.36. The van der Waals surface area contributed by atoms with Crippen molar-refractivity contribution in [1.29, 1.82) is 0 Å². The van der Waals surface area contributed by atoms with Gasteiger partial charge in [0.1, 0.15) is 11.5 Å². The van der Waals surface area contributed by atoms with Crippen LogP contribution in [0.25, 0.3) is 0 Å². The zero-order valence-corrected chi connectivity index (χ0v) is 13.5. The number of aromatic hydroxyl groups is 1. The normalized spacial score (nSPS) is 11.8. The van der Waals surface area contributed by atoms with Gasteiger partial charge in [-0.15, -0.1) is 0 Å². The number of rotatable bonds is 4. The van der Waals surface area contributed by atoms with Gasteiger partial charge in [0, 0.05) is 23.5 Å². The lowest BCUT2D eigenvalue weighted by molar-refractivity contribution is 0.405. The van der Waals surface area contributed by atoms with Crippen LogP contribution < -0.4 is 4.74 Å². The van der Waals surface area contributed by atoms with Crippen molar-refractivity contribution in [2.45, 2.75) is 32.7 Å². The lowest BCUT2D eigenvalue weighted by Crippen LogP contribution is -2.12. The Morgan fingerprint density at radius 2 is 2.05 bits per heavy atom. The highest BCUT2D eigenvalue weighted by Crippen LogP contribution is 2.36. The van der Waals surface area contributed by atoms with Crippen LogP contribution in [0.3, 0.4) is 0 Å². The monoisotopic (exact) mass is 298 g/mol. The Morgan fingerprint density at radius 1 is 1.27 bits per heavy atom. The fourth-order valence-electron chi connectivity index (χ4n) is 2.15. The van der Waals surface area contributed by atoms with E-state index in [1.807, 2.05) is 24.3 Å². The molecule has 0 unspecified atom stereocenters. The molecule has 0 aliphatic carbocycles. The van der Waals surface area contributed by atoms with Crippen molar-refractivity contribution in [2.75, 3.05) is 7.11 Å². The van der Waals surface area contributed by atoms with Gasteiger partial charge in [-0.05, 0) is 29.7 Å². The molecule has 4 nitrogen and oxygen atoms in total. The van der Waals surface area contributed by atoms with Crippen molar-refractivity contribution in [3.63, 3.8) is 0 Å². The first-order chi connectivity index (χ1) is 10.4. The van der Waals surface area contributed by atoms with E-state index in [-0.39, 0.29) is 11.2 Å². The smallest absolute Gasteiger partial charge is 0.128 e. The van der Waals surface area contributed by atoms with Gasteiger partial charge < -0.3 is 9.84 Å². The van der Waals surface area contributed by atoms with Crippen molar-refractivity contribution in [3.05, 3.63) is 53.3 Å². The van der Waals surface area contributed by atoms with Crippen LogP contribution in [-0.4, -0.2) is 23.4 Å². The van der Waals surface area contributed by atoms with Gasteiger partial charge in [0.15, 0.2) is 0 Å². The summed E-state index contributed by atoms with van der Waals surface area (Å²) in [6, 6.07) is 9.37. The van der Waals surface area contributed by atoms with Crippen LogP contribution in [-0.2, 0) is 12.0 Å². The number of pyridine rings is 1. The number of phenolic OH excluding ortho intramolecular Hbond substituents is 1. The molecule has 0 spiro atoms. The molecule has 0 atom stereocenters. The number of aromatic nitrogens is 1. The first kappa shape index (κ1) is 16.0.